The van der Waals surface area contributed by atoms with Crippen molar-refractivity contribution in [1.29, 1.82) is 0 Å². The standard InChI is InChI=1S/C20H16BrNO3S/c1-22-16(11-25-13-8-6-12(21)7-9-13)15(10-23)18-19(22)14-4-2-3-5-17(14)26-20(18)24/h2-9,23H,10-11H2,1H3. The van der Waals surface area contributed by atoms with Crippen LogP contribution in [0.4, 0.5) is 0 Å². The van der Waals surface area contributed by atoms with Crippen LogP contribution in [0.15, 0.2) is 57.8 Å². The number of rotatable bonds is 4. The second-order valence-corrected chi connectivity index (χ2v) is 7.92. The second kappa shape index (κ2) is 6.87. The summed E-state index contributed by atoms with van der Waals surface area (Å²) in [5, 5.41) is 11.6. The zero-order valence-electron chi connectivity index (χ0n) is 14.0. The molecule has 4 aromatic rings. The van der Waals surface area contributed by atoms with Gasteiger partial charge in [0.25, 0.3) is 0 Å². The lowest BCUT2D eigenvalue weighted by Crippen LogP contribution is -2.05. The van der Waals surface area contributed by atoms with E-state index in [0.717, 1.165) is 31.5 Å². The summed E-state index contributed by atoms with van der Waals surface area (Å²) in [5.74, 6) is 0.734. The van der Waals surface area contributed by atoms with Gasteiger partial charge in [0, 0.05) is 27.2 Å². The normalized spacial score (nSPS) is 11.3. The zero-order valence-corrected chi connectivity index (χ0v) is 16.4. The van der Waals surface area contributed by atoms with Crippen LogP contribution in [-0.2, 0) is 20.3 Å². The number of aryl methyl sites for hydroxylation is 1. The van der Waals surface area contributed by atoms with Gasteiger partial charge in [-0.2, -0.15) is 0 Å². The van der Waals surface area contributed by atoms with Gasteiger partial charge in [-0.05, 0) is 30.3 Å². The van der Waals surface area contributed by atoms with Gasteiger partial charge in [0.2, 0.25) is 4.74 Å². The van der Waals surface area contributed by atoms with Gasteiger partial charge in [0.05, 0.1) is 23.2 Å². The number of ether oxygens (including phenoxy) is 1. The molecule has 0 aliphatic heterocycles. The second-order valence-electron chi connectivity index (χ2n) is 5.99. The molecule has 0 aliphatic carbocycles. The van der Waals surface area contributed by atoms with Gasteiger partial charge in [-0.25, -0.2) is 0 Å². The van der Waals surface area contributed by atoms with E-state index in [0.29, 0.717) is 10.9 Å². The van der Waals surface area contributed by atoms with E-state index >= 15 is 0 Å². The highest BCUT2D eigenvalue weighted by Crippen LogP contribution is 2.31. The Morgan fingerprint density at radius 2 is 1.88 bits per heavy atom. The third-order valence-corrected chi connectivity index (χ3v) is 6.02. The third kappa shape index (κ3) is 2.84. The molecule has 0 fully saturated rings. The molecule has 2 heterocycles. The fraction of sp³-hybridized carbons (Fsp3) is 0.150. The maximum Gasteiger partial charge on any atom is 0.242 e. The van der Waals surface area contributed by atoms with Crippen molar-refractivity contribution in [2.45, 2.75) is 13.2 Å². The Morgan fingerprint density at radius 1 is 1.15 bits per heavy atom. The fourth-order valence-corrected chi connectivity index (χ4v) is 4.47. The number of fused-ring (bicyclic) bond motifs is 3. The van der Waals surface area contributed by atoms with Gasteiger partial charge < -0.3 is 14.4 Å². The highest BCUT2D eigenvalue weighted by molar-refractivity contribution is 9.10. The number of aliphatic hydroxyl groups excluding tert-OH is 1. The van der Waals surface area contributed by atoms with Crippen molar-refractivity contribution in [3.05, 3.63) is 73.8 Å². The quantitative estimate of drug-likeness (QED) is 0.516. The van der Waals surface area contributed by atoms with Gasteiger partial charge in [0.1, 0.15) is 12.4 Å². The van der Waals surface area contributed by atoms with Crippen molar-refractivity contribution in [2.75, 3.05) is 0 Å². The van der Waals surface area contributed by atoms with E-state index in [-0.39, 0.29) is 18.0 Å². The van der Waals surface area contributed by atoms with Gasteiger partial charge in [-0.1, -0.05) is 45.5 Å². The summed E-state index contributed by atoms with van der Waals surface area (Å²) in [7, 11) is 1.91. The largest absolute Gasteiger partial charge is 0.487 e. The molecule has 0 saturated carbocycles. The molecule has 0 saturated heterocycles. The number of aliphatic hydroxyl groups is 1. The summed E-state index contributed by atoms with van der Waals surface area (Å²) >= 11 is 4.62. The molecule has 0 bridgehead atoms. The smallest absolute Gasteiger partial charge is 0.242 e. The van der Waals surface area contributed by atoms with E-state index in [1.54, 1.807) is 0 Å². The molecule has 2 aromatic heterocycles. The van der Waals surface area contributed by atoms with Gasteiger partial charge in [-0.3, -0.25) is 4.79 Å². The van der Waals surface area contributed by atoms with Gasteiger partial charge in [0.15, 0.2) is 0 Å². The zero-order chi connectivity index (χ0) is 18.3. The number of halogens is 1. The van der Waals surface area contributed by atoms with Crippen molar-refractivity contribution in [3.63, 3.8) is 0 Å². The molecule has 0 spiro atoms. The first-order valence-electron chi connectivity index (χ1n) is 8.11. The van der Waals surface area contributed by atoms with Crippen LogP contribution < -0.4 is 9.48 Å². The number of nitrogens with zero attached hydrogens (tertiary/aromatic N) is 1. The number of aromatic nitrogens is 1. The maximum atomic E-state index is 12.7. The van der Waals surface area contributed by atoms with Crippen LogP contribution >= 0.6 is 27.3 Å². The van der Waals surface area contributed by atoms with Crippen LogP contribution in [0, 0.1) is 0 Å². The van der Waals surface area contributed by atoms with Crippen molar-refractivity contribution in [1.82, 2.24) is 4.57 Å². The first-order chi connectivity index (χ1) is 12.6. The molecule has 0 amide bonds. The lowest BCUT2D eigenvalue weighted by molar-refractivity contribution is 0.267. The van der Waals surface area contributed by atoms with E-state index in [1.807, 2.05) is 60.1 Å². The van der Waals surface area contributed by atoms with Crippen LogP contribution in [0.2, 0.25) is 0 Å². The monoisotopic (exact) mass is 429 g/mol. The summed E-state index contributed by atoms with van der Waals surface area (Å²) in [6.07, 6.45) is 0. The van der Waals surface area contributed by atoms with Crippen molar-refractivity contribution < 1.29 is 9.84 Å². The molecular formula is C20H16BrNO3S. The first kappa shape index (κ1) is 17.3. The molecule has 132 valence electrons. The Labute approximate surface area is 162 Å². The number of hydrogen-bond donors (Lipinski definition) is 1. The molecule has 4 rings (SSSR count). The van der Waals surface area contributed by atoms with E-state index in [1.165, 1.54) is 11.3 Å². The van der Waals surface area contributed by atoms with E-state index in [2.05, 4.69) is 15.9 Å². The summed E-state index contributed by atoms with van der Waals surface area (Å²) in [6, 6.07) is 15.4. The molecule has 2 aromatic carbocycles. The third-order valence-electron chi connectivity index (χ3n) is 4.52. The van der Waals surface area contributed by atoms with Gasteiger partial charge in [-0.15, -0.1) is 0 Å². The molecule has 26 heavy (non-hydrogen) atoms. The first-order valence-corrected chi connectivity index (χ1v) is 9.72. The molecule has 6 heteroatoms. The highest BCUT2D eigenvalue weighted by Gasteiger charge is 2.20. The van der Waals surface area contributed by atoms with Crippen LogP contribution in [0.1, 0.15) is 11.3 Å². The number of hydrogen-bond acceptors (Lipinski definition) is 4. The average molecular weight is 430 g/mol. The minimum absolute atomic E-state index is 0.0340. The van der Waals surface area contributed by atoms with Crippen LogP contribution in [-0.4, -0.2) is 9.67 Å². The van der Waals surface area contributed by atoms with E-state index in [4.69, 9.17) is 4.74 Å². The van der Waals surface area contributed by atoms with Crippen molar-refractivity contribution in [3.8, 4) is 5.75 Å². The Morgan fingerprint density at radius 3 is 2.62 bits per heavy atom. The highest BCUT2D eigenvalue weighted by atomic mass is 79.9. The predicted molar refractivity (Wildman–Crippen MR) is 109 cm³/mol. The Hall–Kier alpha value is -2.15. The van der Waals surface area contributed by atoms with E-state index < -0.39 is 0 Å². The van der Waals surface area contributed by atoms with E-state index in [9.17, 15) is 9.90 Å². The van der Waals surface area contributed by atoms with Gasteiger partial charge >= 0.3 is 0 Å². The fourth-order valence-electron chi connectivity index (χ4n) is 3.27. The Bertz CT molecular complexity index is 1160. The minimum atomic E-state index is -0.198. The Kier molecular flexibility index (Phi) is 4.56. The Balaban J connectivity index is 1.87. The van der Waals surface area contributed by atoms with Crippen LogP contribution in [0.25, 0.3) is 21.0 Å². The summed E-state index contributed by atoms with van der Waals surface area (Å²) in [4.78, 5) is 12.7. The molecule has 0 aliphatic rings. The SMILES string of the molecule is Cn1c(COc2ccc(Br)cc2)c(CO)c2c(=O)sc3ccccc3c21. The van der Waals surface area contributed by atoms with Crippen molar-refractivity contribution >= 4 is 48.3 Å². The molecule has 0 atom stereocenters. The summed E-state index contributed by atoms with van der Waals surface area (Å²) in [5.41, 5.74) is 2.31. The average Bonchev–Trinajstić information content (AvgIpc) is 2.94. The van der Waals surface area contributed by atoms with Crippen LogP contribution in [0.5, 0.6) is 5.75 Å². The molecular weight excluding hydrogens is 414 g/mol. The number of benzene rings is 2. The topological polar surface area (TPSA) is 51.5 Å². The lowest BCUT2D eigenvalue weighted by atomic mass is 10.1. The van der Waals surface area contributed by atoms with Crippen LogP contribution in [0.3, 0.4) is 0 Å². The molecule has 0 radical (unpaired) electrons. The van der Waals surface area contributed by atoms with Crippen molar-refractivity contribution in [2.24, 2.45) is 7.05 Å². The summed E-state index contributed by atoms with van der Waals surface area (Å²) in [6.45, 7) is 0.0812. The molecule has 4 nitrogen and oxygen atoms in total. The molecule has 0 unspecified atom stereocenters. The summed E-state index contributed by atoms with van der Waals surface area (Å²) < 4.78 is 9.76. The lowest BCUT2D eigenvalue weighted by Gasteiger charge is -2.10. The molecule has 1 N–H and O–H groups in total. The minimum Gasteiger partial charge on any atom is -0.487 e. The predicted octanol–water partition coefficient (Wildman–Crippen LogP) is 4.59. The maximum absolute atomic E-state index is 12.7.